The van der Waals surface area contributed by atoms with Crippen LogP contribution < -0.4 is 4.74 Å². The molecule has 146 valence electrons. The molecule has 0 N–H and O–H groups in total. The van der Waals surface area contributed by atoms with Crippen LogP contribution in [-0.4, -0.2) is 13.1 Å². The van der Waals surface area contributed by atoms with Crippen molar-refractivity contribution in [2.45, 2.75) is 13.1 Å². The van der Waals surface area contributed by atoms with E-state index in [0.717, 1.165) is 6.07 Å². The lowest BCUT2D eigenvalue weighted by Gasteiger charge is -2.11. The Morgan fingerprint density at radius 3 is 2.57 bits per heavy atom. The zero-order valence-electron chi connectivity index (χ0n) is 14.8. The summed E-state index contributed by atoms with van der Waals surface area (Å²) in [5, 5.41) is 0.465. The highest BCUT2D eigenvalue weighted by Gasteiger charge is 2.34. The van der Waals surface area contributed by atoms with Gasteiger partial charge in [-0.15, -0.1) is 0 Å². The summed E-state index contributed by atoms with van der Waals surface area (Å²) in [6.07, 6.45) is -3.35. The number of hydrogen-bond acceptors (Lipinski definition) is 4. The fourth-order valence-corrected chi connectivity index (χ4v) is 3.07. The molecule has 0 amide bonds. The lowest BCUT2D eigenvalue weighted by molar-refractivity contribution is -0.138. The van der Waals surface area contributed by atoms with E-state index in [1.807, 2.05) is 0 Å². The van der Waals surface area contributed by atoms with Crippen LogP contribution in [0.15, 0.2) is 63.2 Å². The highest BCUT2D eigenvalue weighted by atomic mass is 79.9. The Morgan fingerprint density at radius 1 is 1.18 bits per heavy atom. The van der Waals surface area contributed by atoms with Crippen molar-refractivity contribution in [1.29, 1.82) is 0 Å². The first-order chi connectivity index (χ1) is 13.2. The number of rotatable bonds is 4. The summed E-state index contributed by atoms with van der Waals surface area (Å²) >= 11 is 2.91. The number of alkyl halides is 3. The van der Waals surface area contributed by atoms with Gasteiger partial charge in [0.25, 0.3) is 0 Å². The van der Waals surface area contributed by atoms with Crippen LogP contribution in [-0.2, 0) is 15.7 Å². The first-order valence-corrected chi connectivity index (χ1v) is 8.82. The van der Waals surface area contributed by atoms with Crippen LogP contribution in [0.4, 0.5) is 13.2 Å². The van der Waals surface area contributed by atoms with Gasteiger partial charge in [0.1, 0.15) is 5.58 Å². The van der Waals surface area contributed by atoms with E-state index < -0.39 is 17.7 Å². The van der Waals surface area contributed by atoms with Crippen LogP contribution in [0.2, 0.25) is 0 Å². The average Bonchev–Trinajstić information content (AvgIpc) is 3.00. The van der Waals surface area contributed by atoms with Gasteiger partial charge in [0.05, 0.1) is 29.9 Å². The van der Waals surface area contributed by atoms with Gasteiger partial charge >= 0.3 is 12.1 Å². The van der Waals surface area contributed by atoms with Crippen molar-refractivity contribution < 1.29 is 31.9 Å². The topological polar surface area (TPSA) is 48.7 Å². The normalized spacial score (nSPS) is 12.3. The third-order valence-electron chi connectivity index (χ3n) is 3.90. The Bertz CT molecular complexity index is 1070. The van der Waals surface area contributed by atoms with Gasteiger partial charge < -0.3 is 13.9 Å². The van der Waals surface area contributed by atoms with Crippen molar-refractivity contribution in [1.82, 2.24) is 0 Å². The number of halogens is 4. The molecule has 0 bridgehead atoms. The van der Waals surface area contributed by atoms with Crippen LogP contribution in [0, 0.1) is 0 Å². The molecule has 0 fully saturated rings. The maximum absolute atomic E-state index is 13.3. The smallest absolute Gasteiger partial charge is 0.417 e. The highest BCUT2D eigenvalue weighted by Crippen LogP contribution is 2.43. The number of furan rings is 1. The summed E-state index contributed by atoms with van der Waals surface area (Å²) in [6, 6.07) is 10.4. The standard InChI is InChI=1S/C20H14BrF3O4/c1-11(10-26-2)19(25)28-18-13-5-3-4-6-16(13)27-17(18)12-7-8-15(21)14(9-12)20(22,23)24/h3-10H,1-2H3/b11-10+. The number of esters is 1. The summed E-state index contributed by atoms with van der Waals surface area (Å²) in [6.45, 7) is 1.50. The van der Waals surface area contributed by atoms with E-state index in [-0.39, 0.29) is 27.1 Å². The van der Waals surface area contributed by atoms with Gasteiger partial charge in [-0.25, -0.2) is 4.79 Å². The molecule has 1 heterocycles. The number of methoxy groups -OCH3 is 1. The van der Waals surface area contributed by atoms with Gasteiger partial charge in [0.15, 0.2) is 11.5 Å². The van der Waals surface area contributed by atoms with Crippen molar-refractivity contribution in [3.63, 3.8) is 0 Å². The molecule has 3 rings (SSSR count). The minimum Gasteiger partial charge on any atom is -0.504 e. The molecular formula is C20H14BrF3O4. The number of hydrogen-bond donors (Lipinski definition) is 0. The fourth-order valence-electron chi connectivity index (χ4n) is 2.60. The van der Waals surface area contributed by atoms with E-state index in [1.54, 1.807) is 24.3 Å². The van der Waals surface area contributed by atoms with Crippen LogP contribution in [0.25, 0.3) is 22.3 Å². The second-order valence-corrected chi connectivity index (χ2v) is 6.73. The molecule has 28 heavy (non-hydrogen) atoms. The van der Waals surface area contributed by atoms with Crippen molar-refractivity contribution in [3.05, 3.63) is 64.3 Å². The molecule has 0 spiro atoms. The van der Waals surface area contributed by atoms with Gasteiger partial charge in [-0.05, 0) is 37.3 Å². The number of para-hydroxylation sites is 1. The van der Waals surface area contributed by atoms with Crippen molar-refractivity contribution in [2.75, 3.05) is 7.11 Å². The monoisotopic (exact) mass is 454 g/mol. The molecule has 0 radical (unpaired) electrons. The Hall–Kier alpha value is -2.74. The fraction of sp³-hybridized carbons (Fsp3) is 0.150. The van der Waals surface area contributed by atoms with Crippen LogP contribution in [0.3, 0.4) is 0 Å². The quantitative estimate of drug-likeness (QED) is 0.262. The number of fused-ring (bicyclic) bond motifs is 1. The Morgan fingerprint density at radius 2 is 1.89 bits per heavy atom. The van der Waals surface area contributed by atoms with Gasteiger partial charge in [-0.3, -0.25) is 0 Å². The maximum atomic E-state index is 13.3. The summed E-state index contributed by atoms with van der Waals surface area (Å²) in [7, 11) is 1.38. The molecule has 4 nitrogen and oxygen atoms in total. The van der Waals surface area contributed by atoms with E-state index in [2.05, 4.69) is 15.9 Å². The second-order valence-electron chi connectivity index (χ2n) is 5.87. The Balaban J connectivity index is 2.17. The third kappa shape index (κ3) is 3.91. The van der Waals surface area contributed by atoms with E-state index in [9.17, 15) is 18.0 Å². The molecule has 0 unspecified atom stereocenters. The predicted molar refractivity (Wildman–Crippen MR) is 101 cm³/mol. The number of benzene rings is 2. The molecule has 0 atom stereocenters. The van der Waals surface area contributed by atoms with E-state index in [0.29, 0.717) is 11.0 Å². The molecule has 0 aliphatic rings. The van der Waals surface area contributed by atoms with Crippen molar-refractivity contribution in [2.24, 2.45) is 0 Å². The molecule has 3 aromatic rings. The molecule has 0 aliphatic carbocycles. The lowest BCUT2D eigenvalue weighted by Crippen LogP contribution is -2.10. The van der Waals surface area contributed by atoms with Gasteiger partial charge in [-0.2, -0.15) is 13.2 Å². The first kappa shape index (κ1) is 20.0. The van der Waals surface area contributed by atoms with Gasteiger partial charge in [-0.1, -0.05) is 28.1 Å². The van der Waals surface area contributed by atoms with Crippen molar-refractivity contribution >= 4 is 32.9 Å². The second kappa shape index (κ2) is 7.71. The van der Waals surface area contributed by atoms with Crippen molar-refractivity contribution in [3.8, 4) is 17.1 Å². The zero-order valence-corrected chi connectivity index (χ0v) is 16.3. The minimum atomic E-state index is -4.56. The summed E-state index contributed by atoms with van der Waals surface area (Å²) in [5.41, 5.74) is -0.170. The molecule has 1 aromatic heterocycles. The van der Waals surface area contributed by atoms with E-state index in [4.69, 9.17) is 13.9 Å². The molecule has 0 saturated carbocycles. The molecule has 8 heteroatoms. The summed E-state index contributed by atoms with van der Waals surface area (Å²) < 4.78 is 55.7. The lowest BCUT2D eigenvalue weighted by atomic mass is 10.1. The van der Waals surface area contributed by atoms with E-state index >= 15 is 0 Å². The van der Waals surface area contributed by atoms with Crippen LogP contribution >= 0.6 is 15.9 Å². The predicted octanol–water partition coefficient (Wildman–Crippen LogP) is 6.34. The summed E-state index contributed by atoms with van der Waals surface area (Å²) in [4.78, 5) is 12.3. The number of carbonyl (C=O) groups excluding carboxylic acids is 1. The largest absolute Gasteiger partial charge is 0.504 e. The maximum Gasteiger partial charge on any atom is 0.417 e. The molecular weight excluding hydrogens is 441 g/mol. The van der Waals surface area contributed by atoms with E-state index in [1.165, 1.54) is 32.4 Å². The summed E-state index contributed by atoms with van der Waals surface area (Å²) in [5.74, 6) is -0.638. The first-order valence-electron chi connectivity index (χ1n) is 8.02. The SMILES string of the molecule is CO/C=C(\C)C(=O)Oc1c(-c2ccc(Br)c(C(F)(F)F)c2)oc2ccccc12. The van der Waals surface area contributed by atoms with Crippen LogP contribution in [0.1, 0.15) is 12.5 Å². The zero-order chi connectivity index (χ0) is 20.5. The molecule has 2 aromatic carbocycles. The Kier molecular flexibility index (Phi) is 5.51. The van der Waals surface area contributed by atoms with Crippen LogP contribution in [0.5, 0.6) is 5.75 Å². The van der Waals surface area contributed by atoms with Gasteiger partial charge in [0, 0.05) is 10.0 Å². The van der Waals surface area contributed by atoms with Gasteiger partial charge in [0.2, 0.25) is 0 Å². The number of ether oxygens (including phenoxy) is 2. The number of carbonyl (C=O) groups is 1. The Labute approximate surface area is 166 Å². The molecule has 0 aliphatic heterocycles. The molecule has 0 saturated heterocycles. The minimum absolute atomic E-state index is 0.0257. The third-order valence-corrected chi connectivity index (χ3v) is 4.59. The highest BCUT2D eigenvalue weighted by molar-refractivity contribution is 9.10. The average molecular weight is 455 g/mol.